The third kappa shape index (κ3) is 3.11. The van der Waals surface area contributed by atoms with E-state index in [1.54, 1.807) is 12.2 Å². The molecule has 0 saturated heterocycles. The van der Waals surface area contributed by atoms with Gasteiger partial charge < -0.3 is 10.8 Å². The van der Waals surface area contributed by atoms with Crippen molar-refractivity contribution in [2.24, 2.45) is 11.1 Å². The number of hydrogen-bond donors (Lipinski definition) is 3. The van der Waals surface area contributed by atoms with Crippen molar-refractivity contribution in [1.29, 1.82) is 5.41 Å². The van der Waals surface area contributed by atoms with E-state index in [1.807, 2.05) is 30.3 Å². The van der Waals surface area contributed by atoms with Crippen LogP contribution in [0.4, 0.5) is 0 Å². The van der Waals surface area contributed by atoms with Crippen molar-refractivity contribution in [2.75, 3.05) is 0 Å². The zero-order chi connectivity index (χ0) is 16.2. The number of aliphatic carboxylic acids is 1. The van der Waals surface area contributed by atoms with Gasteiger partial charge in [0.15, 0.2) is 0 Å². The summed E-state index contributed by atoms with van der Waals surface area (Å²) in [6, 6.07) is 9.49. The first-order chi connectivity index (χ1) is 10.5. The molecular formula is C18H22N2O2. The first kappa shape index (κ1) is 16.0. The number of amidine groups is 1. The van der Waals surface area contributed by atoms with Crippen LogP contribution in [0.15, 0.2) is 48.1 Å². The third-order valence-electron chi connectivity index (χ3n) is 4.25. The number of allylic oxidation sites excluding steroid dienone is 1. The number of carboxylic acids is 1. The second-order valence-electron chi connectivity index (χ2n) is 5.75. The number of nitrogens with two attached hydrogens (primary N) is 1. The molecule has 1 aromatic carbocycles. The Labute approximate surface area is 130 Å². The number of carbonyl (C=O) groups is 1. The van der Waals surface area contributed by atoms with Crippen molar-refractivity contribution >= 4 is 17.4 Å². The van der Waals surface area contributed by atoms with Gasteiger partial charge >= 0.3 is 5.97 Å². The maximum absolute atomic E-state index is 11.5. The van der Waals surface area contributed by atoms with Crippen LogP contribution in [-0.4, -0.2) is 16.9 Å². The fraction of sp³-hybridized carbons (Fsp3) is 0.333. The lowest BCUT2D eigenvalue weighted by atomic mass is 9.71. The number of hydrogen-bond acceptors (Lipinski definition) is 2. The number of nitrogens with one attached hydrogen (secondary N) is 1. The quantitative estimate of drug-likeness (QED) is 0.554. The SMILES string of the molecule is CCCCC1(C(=N)N)C=CC(C(=O)O)=C(c2ccccc2)C1. The third-order valence-corrected chi connectivity index (χ3v) is 4.25. The summed E-state index contributed by atoms with van der Waals surface area (Å²) >= 11 is 0. The average molecular weight is 298 g/mol. The van der Waals surface area contributed by atoms with Gasteiger partial charge in [-0.25, -0.2) is 4.79 Å². The van der Waals surface area contributed by atoms with Gasteiger partial charge in [-0.05, 0) is 24.0 Å². The molecule has 1 aromatic rings. The van der Waals surface area contributed by atoms with Crippen LogP contribution in [0.3, 0.4) is 0 Å². The van der Waals surface area contributed by atoms with Gasteiger partial charge in [0.2, 0.25) is 0 Å². The normalized spacial score (nSPS) is 21.0. The molecule has 2 rings (SSSR count). The van der Waals surface area contributed by atoms with Gasteiger partial charge in [-0.15, -0.1) is 0 Å². The highest BCUT2D eigenvalue weighted by Gasteiger charge is 2.36. The molecule has 0 amide bonds. The van der Waals surface area contributed by atoms with E-state index in [0.29, 0.717) is 12.0 Å². The highest BCUT2D eigenvalue weighted by atomic mass is 16.4. The standard InChI is InChI=1S/C18H22N2O2/c1-2-3-10-18(17(19)20)11-9-14(16(21)22)15(12-18)13-7-5-4-6-8-13/h4-9,11H,2-3,10,12H2,1H3,(H3,19,20)(H,21,22). The second-order valence-corrected chi connectivity index (χ2v) is 5.75. The average Bonchev–Trinajstić information content (AvgIpc) is 2.53. The summed E-state index contributed by atoms with van der Waals surface area (Å²) in [6.07, 6.45) is 6.61. The Bertz CT molecular complexity index is 632. The first-order valence-electron chi connectivity index (χ1n) is 7.56. The molecule has 0 aliphatic heterocycles. The van der Waals surface area contributed by atoms with Crippen molar-refractivity contribution in [2.45, 2.75) is 32.6 Å². The van der Waals surface area contributed by atoms with Gasteiger partial charge in [-0.3, -0.25) is 5.41 Å². The van der Waals surface area contributed by atoms with Gasteiger partial charge in [0.25, 0.3) is 0 Å². The minimum Gasteiger partial charge on any atom is -0.478 e. The molecule has 0 fully saturated rings. The summed E-state index contributed by atoms with van der Waals surface area (Å²) in [5, 5.41) is 17.5. The molecule has 0 bridgehead atoms. The molecule has 1 aliphatic rings. The molecule has 0 heterocycles. The zero-order valence-electron chi connectivity index (χ0n) is 12.8. The van der Waals surface area contributed by atoms with Crippen molar-refractivity contribution in [3.05, 3.63) is 53.6 Å². The fourth-order valence-corrected chi connectivity index (χ4v) is 2.89. The Kier molecular flexibility index (Phi) is 4.81. The summed E-state index contributed by atoms with van der Waals surface area (Å²) in [5.74, 6) is -0.835. The van der Waals surface area contributed by atoms with Crippen molar-refractivity contribution in [3.63, 3.8) is 0 Å². The smallest absolute Gasteiger partial charge is 0.335 e. The van der Waals surface area contributed by atoms with Crippen LogP contribution in [-0.2, 0) is 4.79 Å². The fourth-order valence-electron chi connectivity index (χ4n) is 2.89. The van der Waals surface area contributed by atoms with Crippen LogP contribution in [0, 0.1) is 10.8 Å². The van der Waals surface area contributed by atoms with E-state index in [4.69, 9.17) is 11.1 Å². The van der Waals surface area contributed by atoms with Gasteiger partial charge in [0.05, 0.1) is 5.57 Å². The summed E-state index contributed by atoms with van der Waals surface area (Å²) in [4.78, 5) is 11.5. The summed E-state index contributed by atoms with van der Waals surface area (Å²) in [7, 11) is 0. The maximum atomic E-state index is 11.5. The summed E-state index contributed by atoms with van der Waals surface area (Å²) in [6.45, 7) is 2.09. The van der Waals surface area contributed by atoms with E-state index in [2.05, 4.69) is 6.92 Å². The lowest BCUT2D eigenvalue weighted by molar-refractivity contribution is -0.132. The van der Waals surface area contributed by atoms with E-state index >= 15 is 0 Å². The second kappa shape index (κ2) is 6.60. The molecule has 1 unspecified atom stereocenters. The minimum atomic E-state index is -0.942. The minimum absolute atomic E-state index is 0.107. The van der Waals surface area contributed by atoms with Crippen LogP contribution >= 0.6 is 0 Å². The molecule has 4 nitrogen and oxygen atoms in total. The predicted molar refractivity (Wildman–Crippen MR) is 88.6 cm³/mol. The molecule has 4 heteroatoms. The largest absolute Gasteiger partial charge is 0.478 e. The first-order valence-corrected chi connectivity index (χ1v) is 7.56. The van der Waals surface area contributed by atoms with Gasteiger partial charge in [-0.2, -0.15) is 0 Å². The highest BCUT2D eigenvalue weighted by molar-refractivity contribution is 6.02. The molecule has 4 N–H and O–H groups in total. The Morgan fingerprint density at radius 2 is 2.05 bits per heavy atom. The number of carboxylic acid groups (broad SMARTS) is 1. The van der Waals surface area contributed by atoms with Crippen LogP contribution in [0.25, 0.3) is 5.57 Å². The number of rotatable bonds is 6. The molecule has 1 aliphatic carbocycles. The van der Waals surface area contributed by atoms with Crippen LogP contribution in [0.1, 0.15) is 38.2 Å². The van der Waals surface area contributed by atoms with Crippen LogP contribution < -0.4 is 5.73 Å². The highest BCUT2D eigenvalue weighted by Crippen LogP contribution is 2.42. The zero-order valence-corrected chi connectivity index (χ0v) is 12.8. The van der Waals surface area contributed by atoms with Crippen LogP contribution in [0.5, 0.6) is 0 Å². The number of benzene rings is 1. The predicted octanol–water partition coefficient (Wildman–Crippen LogP) is 3.60. The lowest BCUT2D eigenvalue weighted by Crippen LogP contribution is -2.37. The molecular weight excluding hydrogens is 276 g/mol. The topological polar surface area (TPSA) is 87.2 Å². The Balaban J connectivity index is 2.48. The van der Waals surface area contributed by atoms with Gasteiger partial charge in [-0.1, -0.05) is 62.2 Å². The molecule has 0 aromatic heterocycles. The molecule has 0 saturated carbocycles. The molecule has 0 radical (unpaired) electrons. The van der Waals surface area contributed by atoms with E-state index < -0.39 is 11.4 Å². The van der Waals surface area contributed by atoms with E-state index in [0.717, 1.165) is 30.4 Å². The van der Waals surface area contributed by atoms with Gasteiger partial charge in [0.1, 0.15) is 5.84 Å². The van der Waals surface area contributed by atoms with E-state index in [9.17, 15) is 9.90 Å². The Hall–Kier alpha value is -2.36. The maximum Gasteiger partial charge on any atom is 0.335 e. The van der Waals surface area contributed by atoms with Gasteiger partial charge in [0, 0.05) is 5.41 Å². The monoisotopic (exact) mass is 298 g/mol. The number of unbranched alkanes of at least 4 members (excludes halogenated alkanes) is 1. The van der Waals surface area contributed by atoms with Crippen LogP contribution in [0.2, 0.25) is 0 Å². The van der Waals surface area contributed by atoms with Crippen molar-refractivity contribution in [1.82, 2.24) is 0 Å². The summed E-state index contributed by atoms with van der Waals surface area (Å²) < 4.78 is 0. The lowest BCUT2D eigenvalue weighted by Gasteiger charge is -2.34. The molecule has 116 valence electrons. The molecule has 1 atom stereocenters. The van der Waals surface area contributed by atoms with Crippen molar-refractivity contribution < 1.29 is 9.90 Å². The Morgan fingerprint density at radius 3 is 2.59 bits per heavy atom. The summed E-state index contributed by atoms with van der Waals surface area (Å²) in [5.41, 5.74) is 7.22. The van der Waals surface area contributed by atoms with E-state index in [1.165, 1.54) is 0 Å². The molecule has 22 heavy (non-hydrogen) atoms. The molecule has 0 spiro atoms. The Morgan fingerprint density at radius 1 is 1.36 bits per heavy atom. The van der Waals surface area contributed by atoms with E-state index in [-0.39, 0.29) is 5.84 Å². The van der Waals surface area contributed by atoms with Crippen molar-refractivity contribution in [3.8, 4) is 0 Å².